The Kier molecular flexibility index (Phi) is 1.83. The molecule has 1 fully saturated rings. The third-order valence-electron chi connectivity index (χ3n) is 2.56. The number of carbonyl (C=O) groups excluding carboxylic acids is 2. The molecule has 4 heteroatoms. The molecule has 13 heavy (non-hydrogen) atoms. The number of ketones is 1. The second-order valence-corrected chi connectivity index (χ2v) is 3.27. The standard InChI is InChI=1S/C9H11NO3/c1-13-9(12)7-5-8(11)6-3-2-4-10(6)7/h5-6H,2-4H2,1H3. The molecule has 0 aliphatic carbocycles. The van der Waals surface area contributed by atoms with Gasteiger partial charge >= 0.3 is 5.97 Å². The highest BCUT2D eigenvalue weighted by molar-refractivity contribution is 6.05. The smallest absolute Gasteiger partial charge is 0.354 e. The average molecular weight is 181 g/mol. The molecule has 1 atom stereocenters. The number of ether oxygens (including phenoxy) is 1. The van der Waals surface area contributed by atoms with E-state index in [-0.39, 0.29) is 11.8 Å². The molecule has 0 spiro atoms. The minimum absolute atomic E-state index is 0.0397. The Morgan fingerprint density at radius 3 is 3.15 bits per heavy atom. The Morgan fingerprint density at radius 1 is 1.69 bits per heavy atom. The highest BCUT2D eigenvalue weighted by atomic mass is 16.5. The fourth-order valence-corrected chi connectivity index (χ4v) is 1.95. The molecule has 0 N–H and O–H groups in total. The van der Waals surface area contributed by atoms with Crippen molar-refractivity contribution >= 4 is 11.8 Å². The van der Waals surface area contributed by atoms with Gasteiger partial charge in [0.1, 0.15) is 5.70 Å². The van der Waals surface area contributed by atoms with Crippen molar-refractivity contribution < 1.29 is 14.3 Å². The Balaban J connectivity index is 2.25. The van der Waals surface area contributed by atoms with Crippen LogP contribution in [0.3, 0.4) is 0 Å². The zero-order valence-corrected chi connectivity index (χ0v) is 7.45. The topological polar surface area (TPSA) is 46.6 Å². The Morgan fingerprint density at radius 2 is 2.46 bits per heavy atom. The van der Waals surface area contributed by atoms with Crippen LogP contribution in [0.5, 0.6) is 0 Å². The molecule has 2 rings (SSSR count). The first-order valence-corrected chi connectivity index (χ1v) is 4.34. The lowest BCUT2D eigenvalue weighted by molar-refractivity contribution is -0.137. The summed E-state index contributed by atoms with van der Waals surface area (Å²) in [7, 11) is 1.33. The van der Waals surface area contributed by atoms with Crippen LogP contribution in [0.4, 0.5) is 0 Å². The van der Waals surface area contributed by atoms with Crippen LogP contribution >= 0.6 is 0 Å². The molecule has 0 aromatic heterocycles. The van der Waals surface area contributed by atoms with E-state index < -0.39 is 5.97 Å². The van der Waals surface area contributed by atoms with Crippen LogP contribution in [0.25, 0.3) is 0 Å². The third-order valence-corrected chi connectivity index (χ3v) is 2.56. The van der Waals surface area contributed by atoms with Gasteiger partial charge in [0.15, 0.2) is 5.78 Å². The van der Waals surface area contributed by atoms with E-state index in [2.05, 4.69) is 4.74 Å². The number of rotatable bonds is 1. The number of nitrogens with zero attached hydrogens (tertiary/aromatic N) is 1. The Labute approximate surface area is 76.2 Å². The Hall–Kier alpha value is -1.32. The zero-order chi connectivity index (χ0) is 9.42. The quantitative estimate of drug-likeness (QED) is 0.538. The lowest BCUT2D eigenvalue weighted by atomic mass is 10.1. The van der Waals surface area contributed by atoms with E-state index in [4.69, 9.17) is 0 Å². The first-order chi connectivity index (χ1) is 6.24. The lowest BCUT2D eigenvalue weighted by Crippen LogP contribution is -2.30. The van der Waals surface area contributed by atoms with Crippen LogP contribution in [-0.2, 0) is 14.3 Å². The van der Waals surface area contributed by atoms with E-state index in [1.807, 2.05) is 4.90 Å². The monoisotopic (exact) mass is 181 g/mol. The van der Waals surface area contributed by atoms with E-state index in [9.17, 15) is 9.59 Å². The summed E-state index contributed by atoms with van der Waals surface area (Å²) in [4.78, 5) is 24.4. The number of methoxy groups -OCH3 is 1. The van der Waals surface area contributed by atoms with Crippen LogP contribution in [0.2, 0.25) is 0 Å². The number of hydrogen-bond donors (Lipinski definition) is 0. The molecule has 70 valence electrons. The summed E-state index contributed by atoms with van der Waals surface area (Å²) in [6.07, 6.45) is 3.23. The van der Waals surface area contributed by atoms with Crippen LogP contribution in [0.15, 0.2) is 11.8 Å². The summed E-state index contributed by atoms with van der Waals surface area (Å²) in [6, 6.07) is -0.0888. The predicted octanol–water partition coefficient (Wildman–Crippen LogP) is 0.0904. The highest BCUT2D eigenvalue weighted by Crippen LogP contribution is 2.29. The molecule has 0 saturated carbocycles. The molecule has 0 bridgehead atoms. The van der Waals surface area contributed by atoms with Crippen molar-refractivity contribution in [2.45, 2.75) is 18.9 Å². The number of fused-ring (bicyclic) bond motifs is 1. The molecule has 2 heterocycles. The van der Waals surface area contributed by atoms with E-state index in [0.29, 0.717) is 5.70 Å². The van der Waals surface area contributed by atoms with Gasteiger partial charge in [0.2, 0.25) is 0 Å². The molecule has 2 aliphatic heterocycles. The number of esters is 1. The highest BCUT2D eigenvalue weighted by Gasteiger charge is 2.39. The molecule has 0 amide bonds. The average Bonchev–Trinajstić information content (AvgIpc) is 2.68. The van der Waals surface area contributed by atoms with Gasteiger partial charge < -0.3 is 9.64 Å². The number of carbonyl (C=O) groups is 2. The van der Waals surface area contributed by atoms with Crippen molar-refractivity contribution in [3.63, 3.8) is 0 Å². The van der Waals surface area contributed by atoms with Gasteiger partial charge in [0, 0.05) is 12.6 Å². The molecule has 0 radical (unpaired) electrons. The molecule has 4 nitrogen and oxygen atoms in total. The first kappa shape index (κ1) is 8.29. The summed E-state index contributed by atoms with van der Waals surface area (Å²) in [5, 5.41) is 0. The van der Waals surface area contributed by atoms with E-state index in [1.54, 1.807) is 0 Å². The second kappa shape index (κ2) is 2.87. The summed E-state index contributed by atoms with van der Waals surface area (Å²) < 4.78 is 4.59. The molecule has 1 saturated heterocycles. The first-order valence-electron chi connectivity index (χ1n) is 4.34. The van der Waals surface area contributed by atoms with Crippen molar-refractivity contribution in [2.24, 2.45) is 0 Å². The maximum absolute atomic E-state index is 11.4. The van der Waals surface area contributed by atoms with Gasteiger partial charge in [0.25, 0.3) is 0 Å². The van der Waals surface area contributed by atoms with Crippen molar-refractivity contribution in [3.8, 4) is 0 Å². The maximum Gasteiger partial charge on any atom is 0.354 e. The summed E-state index contributed by atoms with van der Waals surface area (Å²) >= 11 is 0. The van der Waals surface area contributed by atoms with Crippen LogP contribution in [-0.4, -0.2) is 36.3 Å². The number of hydrogen-bond acceptors (Lipinski definition) is 4. The summed E-state index contributed by atoms with van der Waals surface area (Å²) in [6.45, 7) is 0.789. The van der Waals surface area contributed by atoms with E-state index in [0.717, 1.165) is 19.4 Å². The van der Waals surface area contributed by atoms with Crippen molar-refractivity contribution in [1.82, 2.24) is 4.90 Å². The minimum Gasteiger partial charge on any atom is -0.464 e. The summed E-state index contributed by atoms with van der Waals surface area (Å²) in [5.74, 6) is -0.365. The van der Waals surface area contributed by atoms with E-state index in [1.165, 1.54) is 13.2 Å². The molecular formula is C9H11NO3. The zero-order valence-electron chi connectivity index (χ0n) is 7.45. The van der Waals surface area contributed by atoms with Gasteiger partial charge in [0.05, 0.1) is 13.2 Å². The van der Waals surface area contributed by atoms with Gasteiger partial charge in [-0.1, -0.05) is 0 Å². The molecule has 0 aromatic carbocycles. The van der Waals surface area contributed by atoms with Gasteiger partial charge in [-0.25, -0.2) is 4.79 Å². The molecule has 2 aliphatic rings. The SMILES string of the molecule is COC(=O)C1=CC(=O)C2CCCN12. The van der Waals surface area contributed by atoms with Crippen molar-refractivity contribution in [3.05, 3.63) is 11.8 Å². The summed E-state index contributed by atoms with van der Waals surface area (Å²) in [5.41, 5.74) is 0.426. The fourth-order valence-electron chi connectivity index (χ4n) is 1.95. The lowest BCUT2D eigenvalue weighted by Gasteiger charge is -2.18. The Bertz CT molecular complexity index is 295. The van der Waals surface area contributed by atoms with Gasteiger partial charge in [-0.3, -0.25) is 4.79 Å². The predicted molar refractivity (Wildman–Crippen MR) is 44.8 cm³/mol. The van der Waals surface area contributed by atoms with Gasteiger partial charge in [-0.2, -0.15) is 0 Å². The van der Waals surface area contributed by atoms with Crippen LogP contribution in [0.1, 0.15) is 12.8 Å². The van der Waals surface area contributed by atoms with Crippen molar-refractivity contribution in [2.75, 3.05) is 13.7 Å². The van der Waals surface area contributed by atoms with Crippen molar-refractivity contribution in [1.29, 1.82) is 0 Å². The second-order valence-electron chi connectivity index (χ2n) is 3.27. The van der Waals surface area contributed by atoms with E-state index >= 15 is 0 Å². The normalized spacial score (nSPS) is 25.9. The molecular weight excluding hydrogens is 170 g/mol. The maximum atomic E-state index is 11.4. The fraction of sp³-hybridized carbons (Fsp3) is 0.556. The molecule has 0 aromatic rings. The van der Waals surface area contributed by atoms with Crippen LogP contribution < -0.4 is 0 Å². The largest absolute Gasteiger partial charge is 0.464 e. The third kappa shape index (κ3) is 1.13. The van der Waals surface area contributed by atoms with Crippen LogP contribution in [0, 0.1) is 0 Å². The van der Waals surface area contributed by atoms with Gasteiger partial charge in [-0.05, 0) is 12.8 Å². The minimum atomic E-state index is -0.405. The molecule has 1 unspecified atom stereocenters. The van der Waals surface area contributed by atoms with Gasteiger partial charge in [-0.15, -0.1) is 0 Å².